The van der Waals surface area contributed by atoms with Crippen LogP contribution in [0.15, 0.2) is 69.9 Å². The number of fused-ring (bicyclic) bond motifs is 1. The number of nitrogens with one attached hydrogen (secondary N) is 1. The summed E-state index contributed by atoms with van der Waals surface area (Å²) in [6.07, 6.45) is 7.37. The third-order valence-corrected chi connectivity index (χ3v) is 7.29. The lowest BCUT2D eigenvalue weighted by molar-refractivity contribution is 0.0341. The number of amides is 1. The molecule has 0 spiro atoms. The summed E-state index contributed by atoms with van der Waals surface area (Å²) < 4.78 is 12.5. The standard InChI is InChI=1S/C29H35N5O4/c1-21(37-28(35)31(3)30-2)34-26-14-8-13-25(27(26)38-29(34)36)33-17-15-32(16-18-33)20-22-9-7-12-24(19-22)23-10-5-4-6-11-23/h4-5,7-10,12-14,19,21,30H,6,11,15-18,20H2,1-3H3. The van der Waals surface area contributed by atoms with E-state index in [9.17, 15) is 9.59 Å². The molecule has 9 nitrogen and oxygen atoms in total. The number of aromatic nitrogens is 1. The number of hydrazine groups is 1. The van der Waals surface area contributed by atoms with E-state index >= 15 is 0 Å². The third-order valence-electron chi connectivity index (χ3n) is 7.29. The molecule has 38 heavy (non-hydrogen) atoms. The van der Waals surface area contributed by atoms with E-state index in [2.05, 4.69) is 57.7 Å². The van der Waals surface area contributed by atoms with Crippen LogP contribution in [0.25, 0.3) is 16.7 Å². The molecule has 1 aliphatic carbocycles. The average molecular weight is 518 g/mol. The monoisotopic (exact) mass is 517 g/mol. The number of oxazole rings is 1. The summed E-state index contributed by atoms with van der Waals surface area (Å²) in [6.45, 7) is 6.01. The molecule has 1 aliphatic heterocycles. The molecular formula is C29H35N5O4. The van der Waals surface area contributed by atoms with Gasteiger partial charge in [-0.15, -0.1) is 0 Å². The first-order chi connectivity index (χ1) is 18.4. The van der Waals surface area contributed by atoms with Crippen molar-refractivity contribution in [2.45, 2.75) is 32.5 Å². The topological polar surface area (TPSA) is 83.2 Å². The van der Waals surface area contributed by atoms with Crippen molar-refractivity contribution in [2.75, 3.05) is 45.2 Å². The quantitative estimate of drug-likeness (QED) is 0.466. The molecule has 2 heterocycles. The second-order valence-electron chi connectivity index (χ2n) is 9.75. The summed E-state index contributed by atoms with van der Waals surface area (Å²) >= 11 is 0. The lowest BCUT2D eigenvalue weighted by Gasteiger charge is -2.36. The zero-order valence-corrected chi connectivity index (χ0v) is 22.2. The molecule has 1 aromatic heterocycles. The first-order valence-corrected chi connectivity index (χ1v) is 13.1. The molecule has 2 aromatic carbocycles. The van der Waals surface area contributed by atoms with Crippen molar-refractivity contribution < 1.29 is 13.9 Å². The number of carbonyl (C=O) groups is 1. The highest BCUT2D eigenvalue weighted by Crippen LogP contribution is 2.29. The Labute approximate surface area is 222 Å². The number of hydrogen-bond acceptors (Lipinski definition) is 7. The largest absolute Gasteiger partial charge is 0.425 e. The normalized spacial score (nSPS) is 16.9. The number of piperazine rings is 1. The lowest BCUT2D eigenvalue weighted by Crippen LogP contribution is -2.46. The van der Waals surface area contributed by atoms with E-state index in [-0.39, 0.29) is 0 Å². The van der Waals surface area contributed by atoms with E-state index in [1.54, 1.807) is 21.0 Å². The number of nitrogens with zero attached hydrogens (tertiary/aromatic N) is 4. The predicted molar refractivity (Wildman–Crippen MR) is 149 cm³/mol. The summed E-state index contributed by atoms with van der Waals surface area (Å²) in [6, 6.07) is 14.6. The number of hydrogen-bond donors (Lipinski definition) is 1. The minimum Gasteiger partial charge on any atom is -0.424 e. The summed E-state index contributed by atoms with van der Waals surface area (Å²) in [5.41, 5.74) is 8.72. The van der Waals surface area contributed by atoms with Crippen LogP contribution in [-0.4, -0.2) is 60.8 Å². The number of carbonyl (C=O) groups excluding carboxylic acids is 1. The van der Waals surface area contributed by atoms with Crippen molar-refractivity contribution in [3.8, 4) is 0 Å². The number of benzene rings is 2. The first-order valence-electron chi connectivity index (χ1n) is 13.1. The van der Waals surface area contributed by atoms with Crippen molar-refractivity contribution in [2.24, 2.45) is 0 Å². The molecule has 1 unspecified atom stereocenters. The van der Waals surface area contributed by atoms with Crippen LogP contribution in [0.3, 0.4) is 0 Å². The summed E-state index contributed by atoms with van der Waals surface area (Å²) in [7, 11) is 3.16. The van der Waals surface area contributed by atoms with E-state index in [0.29, 0.717) is 11.1 Å². The highest BCUT2D eigenvalue weighted by molar-refractivity contribution is 5.87. The molecule has 0 radical (unpaired) electrons. The Kier molecular flexibility index (Phi) is 7.67. The van der Waals surface area contributed by atoms with Gasteiger partial charge in [0.2, 0.25) is 0 Å². The number of rotatable bonds is 7. The predicted octanol–water partition coefficient (Wildman–Crippen LogP) is 4.37. The average Bonchev–Trinajstić information content (AvgIpc) is 3.29. The van der Waals surface area contributed by atoms with Crippen molar-refractivity contribution >= 4 is 28.5 Å². The molecule has 1 fully saturated rings. The Morgan fingerprint density at radius 3 is 2.68 bits per heavy atom. The maximum absolute atomic E-state index is 12.8. The van der Waals surface area contributed by atoms with Gasteiger partial charge in [-0.3, -0.25) is 4.90 Å². The van der Waals surface area contributed by atoms with Crippen molar-refractivity contribution in [1.29, 1.82) is 0 Å². The Balaban J connectivity index is 1.27. The number of ether oxygens (including phenoxy) is 1. The zero-order chi connectivity index (χ0) is 26.6. The Hall–Kier alpha value is -3.82. The number of anilines is 1. The minimum atomic E-state index is -0.824. The van der Waals surface area contributed by atoms with Gasteiger partial charge < -0.3 is 14.1 Å². The fourth-order valence-corrected chi connectivity index (χ4v) is 5.12. The van der Waals surface area contributed by atoms with Gasteiger partial charge in [0.25, 0.3) is 0 Å². The van der Waals surface area contributed by atoms with Gasteiger partial charge >= 0.3 is 11.8 Å². The molecule has 0 saturated carbocycles. The second kappa shape index (κ2) is 11.3. The number of para-hydroxylation sites is 1. The van der Waals surface area contributed by atoms with E-state index in [0.717, 1.165) is 51.3 Å². The SMILES string of the molecule is CNN(C)C(=O)OC(C)n1c(=O)oc2c(N3CCN(Cc4cccc(C5=CC=CCC5)c4)CC3)cccc21. The maximum Gasteiger partial charge on any atom is 0.425 e. The lowest BCUT2D eigenvalue weighted by atomic mass is 9.96. The summed E-state index contributed by atoms with van der Waals surface area (Å²) in [5.74, 6) is -0.554. The van der Waals surface area contributed by atoms with Crippen LogP contribution < -0.4 is 16.1 Å². The highest BCUT2D eigenvalue weighted by Gasteiger charge is 2.25. The minimum absolute atomic E-state index is 0.512. The second-order valence-corrected chi connectivity index (χ2v) is 9.75. The smallest absolute Gasteiger partial charge is 0.424 e. The summed E-state index contributed by atoms with van der Waals surface area (Å²) in [4.78, 5) is 29.7. The molecule has 1 amide bonds. The van der Waals surface area contributed by atoms with Crippen LogP contribution in [0.4, 0.5) is 10.5 Å². The Bertz CT molecular complexity index is 1410. The van der Waals surface area contributed by atoms with Crippen LogP contribution in [0, 0.1) is 0 Å². The molecule has 200 valence electrons. The summed E-state index contributed by atoms with van der Waals surface area (Å²) in [5, 5.41) is 1.20. The van der Waals surface area contributed by atoms with E-state index < -0.39 is 18.1 Å². The van der Waals surface area contributed by atoms with E-state index in [1.165, 1.54) is 26.3 Å². The highest BCUT2D eigenvalue weighted by atomic mass is 16.6. The molecule has 5 rings (SSSR count). The van der Waals surface area contributed by atoms with Crippen LogP contribution in [-0.2, 0) is 11.3 Å². The fraction of sp³-hybridized carbons (Fsp3) is 0.379. The van der Waals surface area contributed by atoms with Crippen LogP contribution in [0.5, 0.6) is 0 Å². The molecular weight excluding hydrogens is 482 g/mol. The first kappa shape index (κ1) is 25.8. The van der Waals surface area contributed by atoms with Gasteiger partial charge in [0.1, 0.15) is 0 Å². The van der Waals surface area contributed by atoms with Gasteiger partial charge in [0.15, 0.2) is 11.8 Å². The number of allylic oxidation sites excluding steroid dienone is 4. The molecule has 0 bridgehead atoms. The van der Waals surface area contributed by atoms with Gasteiger partial charge in [-0.05, 0) is 48.6 Å². The van der Waals surface area contributed by atoms with Gasteiger partial charge in [0, 0.05) is 46.8 Å². The zero-order valence-electron chi connectivity index (χ0n) is 22.2. The van der Waals surface area contributed by atoms with Crippen molar-refractivity contribution in [3.63, 3.8) is 0 Å². The maximum atomic E-state index is 12.8. The molecule has 3 aromatic rings. The van der Waals surface area contributed by atoms with E-state index in [1.807, 2.05) is 18.2 Å². The van der Waals surface area contributed by atoms with Gasteiger partial charge in [-0.25, -0.2) is 24.6 Å². The fourth-order valence-electron chi connectivity index (χ4n) is 5.12. The molecule has 2 aliphatic rings. The van der Waals surface area contributed by atoms with Crippen LogP contribution >= 0.6 is 0 Å². The van der Waals surface area contributed by atoms with Gasteiger partial charge in [0.05, 0.1) is 11.2 Å². The van der Waals surface area contributed by atoms with Gasteiger partial charge in [-0.1, -0.05) is 48.6 Å². The molecule has 1 saturated heterocycles. The van der Waals surface area contributed by atoms with Gasteiger partial charge in [-0.2, -0.15) is 0 Å². The third kappa shape index (κ3) is 5.39. The molecule has 9 heteroatoms. The van der Waals surface area contributed by atoms with Crippen LogP contribution in [0.2, 0.25) is 0 Å². The Morgan fingerprint density at radius 1 is 1.16 bits per heavy atom. The van der Waals surface area contributed by atoms with Crippen molar-refractivity contribution in [1.82, 2.24) is 19.9 Å². The van der Waals surface area contributed by atoms with Crippen molar-refractivity contribution in [3.05, 3.63) is 82.4 Å². The van der Waals surface area contributed by atoms with E-state index in [4.69, 9.17) is 9.15 Å². The molecule has 1 N–H and O–H groups in total. The Morgan fingerprint density at radius 2 is 1.95 bits per heavy atom. The molecule has 1 atom stereocenters. The van der Waals surface area contributed by atoms with Crippen LogP contribution in [0.1, 0.15) is 37.1 Å².